The molecule has 1 aromatic carbocycles. The van der Waals surface area contributed by atoms with Crippen molar-refractivity contribution in [1.82, 2.24) is 15.2 Å². The molecule has 0 radical (unpaired) electrons. The molecule has 0 spiro atoms. The summed E-state index contributed by atoms with van der Waals surface area (Å²) < 4.78 is 11.0. The molecule has 0 amide bonds. The number of methoxy groups -OCH3 is 1. The minimum atomic E-state index is 0.223. The van der Waals surface area contributed by atoms with Crippen molar-refractivity contribution in [3.8, 4) is 5.75 Å². The van der Waals surface area contributed by atoms with E-state index in [1.165, 1.54) is 36.9 Å². The molecule has 5 heteroatoms. The maximum absolute atomic E-state index is 5.53. The first kappa shape index (κ1) is 15.0. The van der Waals surface area contributed by atoms with Gasteiger partial charge in [-0.3, -0.25) is 4.90 Å². The normalized spacial score (nSPS) is 20.7. The first-order valence-corrected chi connectivity index (χ1v) is 8.49. The number of nitrogens with zero attached hydrogens (tertiary/aromatic N) is 1. The molecular formula is C18H25N3O2. The van der Waals surface area contributed by atoms with Gasteiger partial charge in [0.1, 0.15) is 5.75 Å². The predicted octanol–water partition coefficient (Wildman–Crippen LogP) is 2.13. The molecule has 2 saturated heterocycles. The van der Waals surface area contributed by atoms with Gasteiger partial charge >= 0.3 is 0 Å². The van der Waals surface area contributed by atoms with Crippen LogP contribution in [0.2, 0.25) is 0 Å². The molecule has 0 saturated carbocycles. The number of hydrogen-bond acceptors (Lipinski definition) is 4. The Balaban J connectivity index is 1.43. The summed E-state index contributed by atoms with van der Waals surface area (Å²) in [6.45, 7) is 6.01. The van der Waals surface area contributed by atoms with Crippen molar-refractivity contribution in [2.45, 2.75) is 24.9 Å². The van der Waals surface area contributed by atoms with Crippen LogP contribution >= 0.6 is 0 Å². The van der Waals surface area contributed by atoms with E-state index in [1.54, 1.807) is 7.11 Å². The third kappa shape index (κ3) is 2.63. The minimum absolute atomic E-state index is 0.223. The number of nitrogens with one attached hydrogen (secondary N) is 2. The summed E-state index contributed by atoms with van der Waals surface area (Å²) in [5, 5.41) is 4.89. The van der Waals surface area contributed by atoms with E-state index in [0.717, 1.165) is 37.6 Å². The maximum Gasteiger partial charge on any atom is 0.142 e. The lowest BCUT2D eigenvalue weighted by molar-refractivity contribution is -0.131. The molecule has 0 bridgehead atoms. The number of aromatic nitrogens is 1. The first-order valence-electron chi connectivity index (χ1n) is 8.49. The average Bonchev–Trinajstić information content (AvgIpc) is 3.19. The van der Waals surface area contributed by atoms with Crippen LogP contribution < -0.4 is 10.1 Å². The largest absolute Gasteiger partial charge is 0.495 e. The highest BCUT2D eigenvalue weighted by atomic mass is 16.5. The van der Waals surface area contributed by atoms with Crippen LogP contribution in [0.3, 0.4) is 0 Å². The Hall–Kier alpha value is -1.56. The van der Waals surface area contributed by atoms with Crippen molar-refractivity contribution in [2.24, 2.45) is 0 Å². The fourth-order valence-electron chi connectivity index (χ4n) is 3.86. The Morgan fingerprint density at radius 1 is 1.30 bits per heavy atom. The molecule has 1 aromatic heterocycles. The molecule has 2 aliphatic rings. The van der Waals surface area contributed by atoms with Crippen LogP contribution in [0.25, 0.3) is 10.9 Å². The third-order valence-electron chi connectivity index (χ3n) is 5.27. The number of likely N-dealkylation sites (tertiary alicyclic amines) is 1. The molecule has 0 aliphatic carbocycles. The molecule has 124 valence electrons. The van der Waals surface area contributed by atoms with Crippen molar-refractivity contribution >= 4 is 10.9 Å². The second-order valence-corrected chi connectivity index (χ2v) is 6.71. The number of para-hydroxylation sites is 1. The summed E-state index contributed by atoms with van der Waals surface area (Å²) in [5.41, 5.74) is 2.59. The molecule has 0 unspecified atom stereocenters. The number of H-pyrrole nitrogens is 1. The zero-order valence-electron chi connectivity index (χ0n) is 13.7. The Bertz CT molecular complexity index is 672. The lowest BCUT2D eigenvalue weighted by Crippen LogP contribution is -2.66. The van der Waals surface area contributed by atoms with E-state index < -0.39 is 0 Å². The van der Waals surface area contributed by atoms with Gasteiger partial charge in [-0.2, -0.15) is 0 Å². The summed E-state index contributed by atoms with van der Waals surface area (Å²) in [6, 6.07) is 6.18. The molecule has 5 nitrogen and oxygen atoms in total. The van der Waals surface area contributed by atoms with Gasteiger partial charge in [0.2, 0.25) is 0 Å². The van der Waals surface area contributed by atoms with Crippen LogP contribution in [0.4, 0.5) is 0 Å². The van der Waals surface area contributed by atoms with Crippen LogP contribution in [-0.4, -0.2) is 55.4 Å². The Labute approximate surface area is 136 Å². The van der Waals surface area contributed by atoms with Crippen molar-refractivity contribution in [1.29, 1.82) is 0 Å². The number of fused-ring (bicyclic) bond motifs is 1. The fraction of sp³-hybridized carbons (Fsp3) is 0.556. The summed E-state index contributed by atoms with van der Waals surface area (Å²) in [4.78, 5) is 5.95. The zero-order chi connectivity index (χ0) is 15.7. The highest BCUT2D eigenvalue weighted by Gasteiger charge is 2.44. The Morgan fingerprint density at radius 2 is 2.13 bits per heavy atom. The van der Waals surface area contributed by atoms with E-state index in [9.17, 15) is 0 Å². The Kier molecular flexibility index (Phi) is 4.01. The van der Waals surface area contributed by atoms with Gasteiger partial charge < -0.3 is 19.8 Å². The minimum Gasteiger partial charge on any atom is -0.495 e. The van der Waals surface area contributed by atoms with E-state index in [0.29, 0.717) is 0 Å². The highest BCUT2D eigenvalue weighted by Crippen LogP contribution is 2.29. The molecule has 4 rings (SSSR count). The number of aromatic amines is 1. The number of hydrogen-bond donors (Lipinski definition) is 2. The van der Waals surface area contributed by atoms with E-state index in [2.05, 4.69) is 27.5 Å². The summed E-state index contributed by atoms with van der Waals surface area (Å²) in [5.74, 6) is 0.898. The SMILES string of the molecule is COc1cccc2c(CNCC3(N4CCCC4)COC3)c[nH]c12. The van der Waals surface area contributed by atoms with Crippen LogP contribution in [-0.2, 0) is 11.3 Å². The zero-order valence-corrected chi connectivity index (χ0v) is 13.7. The van der Waals surface area contributed by atoms with Crippen molar-refractivity contribution in [2.75, 3.05) is 40.0 Å². The molecule has 2 fully saturated rings. The molecule has 2 aliphatic heterocycles. The predicted molar refractivity (Wildman–Crippen MR) is 90.9 cm³/mol. The van der Waals surface area contributed by atoms with Crippen LogP contribution in [0.1, 0.15) is 18.4 Å². The topological polar surface area (TPSA) is 49.5 Å². The van der Waals surface area contributed by atoms with Crippen LogP contribution in [0, 0.1) is 0 Å². The number of ether oxygens (including phenoxy) is 2. The molecule has 2 aromatic rings. The smallest absolute Gasteiger partial charge is 0.142 e. The summed E-state index contributed by atoms with van der Waals surface area (Å²) in [7, 11) is 1.71. The second-order valence-electron chi connectivity index (χ2n) is 6.71. The fourth-order valence-corrected chi connectivity index (χ4v) is 3.86. The number of benzene rings is 1. The van der Waals surface area contributed by atoms with Gasteiger partial charge in [0.05, 0.1) is 31.4 Å². The average molecular weight is 315 g/mol. The van der Waals surface area contributed by atoms with E-state index in [1.807, 2.05) is 12.1 Å². The standard InChI is InChI=1S/C18H25N3O2/c1-22-16-6-4-5-15-14(10-20-17(15)16)9-19-11-18(12-23-13-18)21-7-2-3-8-21/h4-6,10,19-20H,2-3,7-9,11-13H2,1H3. The quantitative estimate of drug-likeness (QED) is 0.857. The van der Waals surface area contributed by atoms with E-state index >= 15 is 0 Å². The maximum atomic E-state index is 5.53. The molecule has 0 atom stereocenters. The highest BCUT2D eigenvalue weighted by molar-refractivity contribution is 5.88. The first-order chi connectivity index (χ1) is 11.3. The molecule has 2 N–H and O–H groups in total. The van der Waals surface area contributed by atoms with Gasteiger partial charge in [-0.25, -0.2) is 0 Å². The summed E-state index contributed by atoms with van der Waals surface area (Å²) in [6.07, 6.45) is 4.73. The van der Waals surface area contributed by atoms with Gasteiger partial charge in [-0.1, -0.05) is 12.1 Å². The monoisotopic (exact) mass is 315 g/mol. The lowest BCUT2D eigenvalue weighted by Gasteiger charge is -2.48. The van der Waals surface area contributed by atoms with Gasteiger partial charge in [-0.05, 0) is 37.6 Å². The molecular weight excluding hydrogens is 290 g/mol. The summed E-state index contributed by atoms with van der Waals surface area (Å²) >= 11 is 0. The third-order valence-corrected chi connectivity index (χ3v) is 5.27. The molecule has 23 heavy (non-hydrogen) atoms. The molecule has 3 heterocycles. The Morgan fingerprint density at radius 3 is 2.83 bits per heavy atom. The van der Waals surface area contributed by atoms with E-state index in [4.69, 9.17) is 9.47 Å². The van der Waals surface area contributed by atoms with Gasteiger partial charge in [0, 0.05) is 24.7 Å². The van der Waals surface area contributed by atoms with Crippen molar-refractivity contribution in [3.63, 3.8) is 0 Å². The van der Waals surface area contributed by atoms with Gasteiger partial charge in [0.15, 0.2) is 0 Å². The van der Waals surface area contributed by atoms with Crippen LogP contribution in [0.5, 0.6) is 5.75 Å². The van der Waals surface area contributed by atoms with Crippen molar-refractivity contribution in [3.05, 3.63) is 30.0 Å². The van der Waals surface area contributed by atoms with Gasteiger partial charge in [-0.15, -0.1) is 0 Å². The van der Waals surface area contributed by atoms with Crippen LogP contribution in [0.15, 0.2) is 24.4 Å². The van der Waals surface area contributed by atoms with Gasteiger partial charge in [0.25, 0.3) is 0 Å². The number of rotatable bonds is 6. The van der Waals surface area contributed by atoms with E-state index in [-0.39, 0.29) is 5.54 Å². The second kappa shape index (κ2) is 6.15. The van der Waals surface area contributed by atoms with Crippen molar-refractivity contribution < 1.29 is 9.47 Å². The lowest BCUT2D eigenvalue weighted by atomic mass is 9.95.